The molecule has 2 rings (SSSR count). The molecule has 10 nitrogen and oxygen atoms in total. The van der Waals surface area contributed by atoms with Crippen LogP contribution < -0.4 is 10.5 Å². The molecule has 0 aromatic carbocycles. The minimum atomic E-state index is -3.76. The fourth-order valence-electron chi connectivity index (χ4n) is 1.29. The number of nitrogens with two attached hydrogens (primary N) is 1. The summed E-state index contributed by atoms with van der Waals surface area (Å²) in [5, 5.41) is 14.0. The van der Waals surface area contributed by atoms with E-state index in [2.05, 4.69) is 24.6 Å². The Balaban J connectivity index is 2.14. The minimum absolute atomic E-state index is 0.00345. The molecule has 0 aliphatic carbocycles. The standard InChI is InChI=1S/C8H11N7O3S/c1-15-3-6(11-4-15)19(16,17)12-2-5-7(8(9)10)14-18-13-5/h3-4,12H,2H2,1H3,(H3,9,10). The largest absolute Gasteiger partial charge is 0.382 e. The predicted molar refractivity (Wildman–Crippen MR) is 62.5 cm³/mol. The molecule has 0 saturated heterocycles. The van der Waals surface area contributed by atoms with E-state index in [-0.39, 0.29) is 28.8 Å². The summed E-state index contributed by atoms with van der Waals surface area (Å²) in [5.74, 6) is -0.353. The molecular weight excluding hydrogens is 274 g/mol. The zero-order valence-corrected chi connectivity index (χ0v) is 10.7. The normalized spacial score (nSPS) is 11.6. The molecule has 11 heteroatoms. The van der Waals surface area contributed by atoms with Gasteiger partial charge in [0.15, 0.2) is 10.7 Å². The van der Waals surface area contributed by atoms with Gasteiger partial charge in [-0.2, -0.15) is 0 Å². The maximum Gasteiger partial charge on any atom is 0.259 e. The van der Waals surface area contributed by atoms with E-state index >= 15 is 0 Å². The molecule has 2 aromatic heterocycles. The first-order valence-electron chi connectivity index (χ1n) is 5.03. The highest BCUT2D eigenvalue weighted by molar-refractivity contribution is 7.89. The number of nitrogens with zero attached hydrogens (tertiary/aromatic N) is 4. The van der Waals surface area contributed by atoms with Crippen molar-refractivity contribution < 1.29 is 13.0 Å². The monoisotopic (exact) mass is 285 g/mol. The molecule has 2 heterocycles. The number of nitrogens with one attached hydrogen (secondary N) is 2. The van der Waals surface area contributed by atoms with Crippen LogP contribution >= 0.6 is 0 Å². The first-order chi connectivity index (χ1) is 8.90. The van der Waals surface area contributed by atoms with Gasteiger partial charge in [0.05, 0.1) is 12.9 Å². The summed E-state index contributed by atoms with van der Waals surface area (Å²) in [7, 11) is -2.11. The van der Waals surface area contributed by atoms with Crippen LogP contribution in [0.25, 0.3) is 0 Å². The van der Waals surface area contributed by atoms with Crippen molar-refractivity contribution in [3.05, 3.63) is 23.9 Å². The molecule has 0 radical (unpaired) electrons. The van der Waals surface area contributed by atoms with Crippen LogP contribution in [0.5, 0.6) is 0 Å². The smallest absolute Gasteiger partial charge is 0.259 e. The van der Waals surface area contributed by atoms with Gasteiger partial charge >= 0.3 is 0 Å². The molecule has 0 spiro atoms. The highest BCUT2D eigenvalue weighted by Crippen LogP contribution is 2.07. The number of nitrogen functional groups attached to an aromatic ring is 1. The number of amidine groups is 1. The average Bonchev–Trinajstić information content (AvgIpc) is 2.94. The molecule has 0 fully saturated rings. The zero-order valence-electron chi connectivity index (χ0n) is 9.86. The SMILES string of the molecule is Cn1cnc(S(=O)(=O)NCc2nonc2C(=N)N)c1. The van der Waals surface area contributed by atoms with E-state index in [1.807, 2.05) is 0 Å². The Bertz CT molecular complexity index is 702. The van der Waals surface area contributed by atoms with E-state index < -0.39 is 10.0 Å². The van der Waals surface area contributed by atoms with Gasteiger partial charge in [-0.15, -0.1) is 0 Å². The van der Waals surface area contributed by atoms with Crippen molar-refractivity contribution in [1.82, 2.24) is 24.6 Å². The maximum atomic E-state index is 11.9. The van der Waals surface area contributed by atoms with Crippen LogP contribution in [0.15, 0.2) is 22.2 Å². The molecule has 0 aliphatic rings. The van der Waals surface area contributed by atoms with Crippen molar-refractivity contribution in [3.63, 3.8) is 0 Å². The minimum Gasteiger partial charge on any atom is -0.382 e. The molecule has 2 aromatic rings. The van der Waals surface area contributed by atoms with E-state index in [1.54, 1.807) is 7.05 Å². The van der Waals surface area contributed by atoms with E-state index in [4.69, 9.17) is 11.1 Å². The van der Waals surface area contributed by atoms with E-state index in [0.717, 1.165) is 0 Å². The quantitative estimate of drug-likeness (QED) is 0.449. The number of hydrogen-bond donors (Lipinski definition) is 3. The topological polar surface area (TPSA) is 153 Å². The zero-order chi connectivity index (χ0) is 14.0. The average molecular weight is 285 g/mol. The number of aryl methyl sites for hydroxylation is 1. The molecule has 4 N–H and O–H groups in total. The second kappa shape index (κ2) is 4.78. The molecule has 0 amide bonds. The van der Waals surface area contributed by atoms with E-state index in [1.165, 1.54) is 17.1 Å². The van der Waals surface area contributed by atoms with Gasteiger partial charge in [0.2, 0.25) is 0 Å². The Hall–Kier alpha value is -2.27. The molecule has 0 aliphatic heterocycles. The molecule has 0 atom stereocenters. The molecular formula is C8H11N7O3S. The summed E-state index contributed by atoms with van der Waals surface area (Å²) in [5.41, 5.74) is 5.38. The third-order valence-corrected chi connectivity index (χ3v) is 3.48. The summed E-state index contributed by atoms with van der Waals surface area (Å²) in [4.78, 5) is 3.73. The number of aromatic nitrogens is 4. The predicted octanol–water partition coefficient (Wildman–Crippen LogP) is -1.43. The van der Waals surface area contributed by atoms with Crippen molar-refractivity contribution in [3.8, 4) is 0 Å². The third kappa shape index (κ3) is 2.77. The molecule has 0 unspecified atom stereocenters. The van der Waals surface area contributed by atoms with Crippen LogP contribution in [0.1, 0.15) is 11.4 Å². The molecule has 19 heavy (non-hydrogen) atoms. The molecule has 0 saturated carbocycles. The van der Waals surface area contributed by atoms with Gasteiger partial charge in [0.1, 0.15) is 11.5 Å². The summed E-state index contributed by atoms with van der Waals surface area (Å²) in [6, 6.07) is 0. The number of hydrogen-bond acceptors (Lipinski definition) is 7. The van der Waals surface area contributed by atoms with Gasteiger partial charge < -0.3 is 10.3 Å². The fraction of sp³-hybridized carbons (Fsp3) is 0.250. The van der Waals surface area contributed by atoms with Crippen LogP contribution in [-0.2, 0) is 23.6 Å². The first kappa shape index (κ1) is 13.2. The summed E-state index contributed by atoms with van der Waals surface area (Å²) in [6.45, 7) is -0.197. The van der Waals surface area contributed by atoms with Gasteiger partial charge in [-0.1, -0.05) is 5.16 Å². The summed E-state index contributed by atoms with van der Waals surface area (Å²) in [6.07, 6.45) is 2.72. The lowest BCUT2D eigenvalue weighted by Crippen LogP contribution is -2.25. The lowest BCUT2D eigenvalue weighted by molar-refractivity contribution is 0.302. The summed E-state index contributed by atoms with van der Waals surface area (Å²) < 4.78 is 31.9. The van der Waals surface area contributed by atoms with Crippen molar-refractivity contribution in [2.24, 2.45) is 12.8 Å². The van der Waals surface area contributed by atoms with Crippen molar-refractivity contribution in [2.45, 2.75) is 11.6 Å². The van der Waals surface area contributed by atoms with E-state index in [9.17, 15) is 8.42 Å². The Morgan fingerprint density at radius 2 is 2.32 bits per heavy atom. The fourth-order valence-corrected chi connectivity index (χ4v) is 2.26. The molecule has 102 valence electrons. The van der Waals surface area contributed by atoms with Crippen LogP contribution in [0, 0.1) is 5.41 Å². The van der Waals surface area contributed by atoms with Crippen molar-refractivity contribution in [1.29, 1.82) is 5.41 Å². The highest BCUT2D eigenvalue weighted by atomic mass is 32.2. The van der Waals surface area contributed by atoms with Crippen LogP contribution in [0.4, 0.5) is 0 Å². The Kier molecular flexibility index (Phi) is 3.31. The second-order valence-corrected chi connectivity index (χ2v) is 5.39. The Morgan fingerprint density at radius 1 is 1.58 bits per heavy atom. The first-order valence-corrected chi connectivity index (χ1v) is 6.52. The number of rotatable bonds is 5. The van der Waals surface area contributed by atoms with Crippen molar-refractivity contribution >= 4 is 15.9 Å². The number of sulfonamides is 1. The van der Waals surface area contributed by atoms with Gasteiger partial charge in [-0.25, -0.2) is 22.8 Å². The Labute approximate surface area is 108 Å². The van der Waals surface area contributed by atoms with E-state index in [0.29, 0.717) is 0 Å². The van der Waals surface area contributed by atoms with Gasteiger partial charge in [-0.3, -0.25) is 5.41 Å². The maximum absolute atomic E-state index is 11.9. The van der Waals surface area contributed by atoms with Gasteiger partial charge in [0.25, 0.3) is 10.0 Å². The third-order valence-electron chi connectivity index (χ3n) is 2.20. The lowest BCUT2D eigenvalue weighted by atomic mass is 10.3. The second-order valence-electron chi connectivity index (χ2n) is 3.68. The van der Waals surface area contributed by atoms with Crippen LogP contribution in [-0.4, -0.2) is 34.1 Å². The van der Waals surface area contributed by atoms with Crippen LogP contribution in [0.2, 0.25) is 0 Å². The number of imidazole rings is 1. The van der Waals surface area contributed by atoms with Gasteiger partial charge in [-0.05, 0) is 5.16 Å². The van der Waals surface area contributed by atoms with Crippen molar-refractivity contribution in [2.75, 3.05) is 0 Å². The van der Waals surface area contributed by atoms with Gasteiger partial charge in [0, 0.05) is 13.2 Å². The van der Waals surface area contributed by atoms with Crippen LogP contribution in [0.3, 0.4) is 0 Å². The lowest BCUT2D eigenvalue weighted by Gasteiger charge is -2.02. The highest BCUT2D eigenvalue weighted by Gasteiger charge is 2.20. The molecule has 0 bridgehead atoms. The summed E-state index contributed by atoms with van der Waals surface area (Å²) >= 11 is 0. The Morgan fingerprint density at radius 3 is 2.89 bits per heavy atom.